The van der Waals surface area contributed by atoms with Crippen molar-refractivity contribution in [3.63, 3.8) is 0 Å². The van der Waals surface area contributed by atoms with Gasteiger partial charge in [0.15, 0.2) is 5.65 Å². The Balaban J connectivity index is 2.05. The van der Waals surface area contributed by atoms with E-state index >= 15 is 0 Å². The highest BCUT2D eigenvalue weighted by molar-refractivity contribution is 5.97. The van der Waals surface area contributed by atoms with Gasteiger partial charge in [-0.15, -0.1) is 0 Å². The minimum atomic E-state index is -4.50. The molecule has 26 heavy (non-hydrogen) atoms. The summed E-state index contributed by atoms with van der Waals surface area (Å²) in [5, 5.41) is 16.9. The van der Waals surface area contributed by atoms with Gasteiger partial charge in [0.25, 0.3) is 0 Å². The molecule has 0 fully saturated rings. The fourth-order valence-corrected chi connectivity index (χ4v) is 2.81. The van der Waals surface area contributed by atoms with E-state index in [2.05, 4.69) is 15.2 Å². The van der Waals surface area contributed by atoms with Crippen LogP contribution < -0.4 is 0 Å². The Morgan fingerprint density at radius 2 is 2.00 bits per heavy atom. The van der Waals surface area contributed by atoms with Crippen molar-refractivity contribution < 1.29 is 17.6 Å². The van der Waals surface area contributed by atoms with Crippen molar-refractivity contribution in [2.45, 2.75) is 6.18 Å². The number of hydrogen-bond donors (Lipinski definition) is 1. The first kappa shape index (κ1) is 15.9. The van der Waals surface area contributed by atoms with Gasteiger partial charge in [-0.1, -0.05) is 12.1 Å². The average Bonchev–Trinajstić information content (AvgIpc) is 3.31. The third-order valence-corrected chi connectivity index (χ3v) is 3.94. The molecule has 5 nitrogen and oxygen atoms in total. The van der Waals surface area contributed by atoms with Crippen molar-refractivity contribution in [1.82, 2.24) is 15.2 Å². The number of nitrogens with zero attached hydrogens (tertiary/aromatic N) is 3. The number of rotatable bonds is 2. The quantitative estimate of drug-likeness (QED) is 0.562. The van der Waals surface area contributed by atoms with Crippen LogP contribution in [-0.4, -0.2) is 15.2 Å². The number of furan rings is 1. The summed E-state index contributed by atoms with van der Waals surface area (Å²) < 4.78 is 44.6. The van der Waals surface area contributed by atoms with E-state index in [9.17, 15) is 18.4 Å². The Morgan fingerprint density at radius 1 is 1.15 bits per heavy atom. The zero-order chi connectivity index (χ0) is 18.3. The molecular formula is C18H9F3N4O. The summed E-state index contributed by atoms with van der Waals surface area (Å²) in [6, 6.07) is 10.1. The molecule has 0 saturated carbocycles. The van der Waals surface area contributed by atoms with Gasteiger partial charge in [-0.2, -0.15) is 23.5 Å². The normalized spacial score (nSPS) is 11.6. The SMILES string of the molecule is N#Cc1c(-c2cccc(C(F)(F)F)c2)nc2[nH]ncc2c1-c1ccco1. The number of nitrogens with one attached hydrogen (secondary N) is 1. The minimum Gasteiger partial charge on any atom is -0.464 e. The Labute approximate surface area is 144 Å². The third-order valence-electron chi connectivity index (χ3n) is 3.94. The molecule has 0 unspecified atom stereocenters. The summed E-state index contributed by atoms with van der Waals surface area (Å²) in [5.74, 6) is 0.406. The number of halogens is 3. The lowest BCUT2D eigenvalue weighted by molar-refractivity contribution is -0.137. The first-order valence-corrected chi connectivity index (χ1v) is 7.47. The number of fused-ring (bicyclic) bond motifs is 1. The van der Waals surface area contributed by atoms with E-state index in [1.165, 1.54) is 24.6 Å². The largest absolute Gasteiger partial charge is 0.464 e. The Hall–Kier alpha value is -3.60. The molecular weight excluding hydrogens is 345 g/mol. The Kier molecular flexibility index (Phi) is 3.51. The predicted octanol–water partition coefficient (Wildman–Crippen LogP) is 4.78. The number of benzene rings is 1. The molecule has 0 bridgehead atoms. The molecule has 0 aliphatic carbocycles. The van der Waals surface area contributed by atoms with Crippen molar-refractivity contribution in [3.8, 4) is 28.7 Å². The van der Waals surface area contributed by atoms with Crippen LogP contribution in [0.2, 0.25) is 0 Å². The van der Waals surface area contributed by atoms with Crippen molar-refractivity contribution in [1.29, 1.82) is 5.26 Å². The zero-order valence-corrected chi connectivity index (χ0v) is 13.0. The number of pyridine rings is 1. The molecule has 0 aliphatic heterocycles. The van der Waals surface area contributed by atoms with Gasteiger partial charge in [0, 0.05) is 11.1 Å². The van der Waals surface area contributed by atoms with Crippen LogP contribution in [0.5, 0.6) is 0 Å². The number of aromatic amines is 1. The van der Waals surface area contributed by atoms with Gasteiger partial charge in [0.05, 0.1) is 34.7 Å². The fraction of sp³-hybridized carbons (Fsp3) is 0.0556. The van der Waals surface area contributed by atoms with Crippen molar-refractivity contribution in [2.75, 3.05) is 0 Å². The third kappa shape index (κ3) is 2.50. The van der Waals surface area contributed by atoms with E-state index in [0.29, 0.717) is 22.4 Å². The molecule has 4 aromatic rings. The molecule has 3 heterocycles. The maximum atomic E-state index is 13.1. The molecule has 0 aliphatic rings. The topological polar surface area (TPSA) is 78.5 Å². The lowest BCUT2D eigenvalue weighted by Crippen LogP contribution is -2.05. The minimum absolute atomic E-state index is 0.119. The first-order chi connectivity index (χ1) is 12.5. The summed E-state index contributed by atoms with van der Waals surface area (Å²) >= 11 is 0. The summed E-state index contributed by atoms with van der Waals surface area (Å²) in [5.41, 5.74) is 0.395. The van der Waals surface area contributed by atoms with Gasteiger partial charge < -0.3 is 4.42 Å². The maximum absolute atomic E-state index is 13.1. The highest BCUT2D eigenvalue weighted by atomic mass is 19.4. The summed E-state index contributed by atoms with van der Waals surface area (Å²) in [7, 11) is 0. The van der Waals surface area contributed by atoms with E-state index in [4.69, 9.17) is 4.42 Å². The van der Waals surface area contributed by atoms with Gasteiger partial charge in [0.2, 0.25) is 0 Å². The van der Waals surface area contributed by atoms with Gasteiger partial charge in [-0.05, 0) is 24.3 Å². The molecule has 1 aromatic carbocycles. The Morgan fingerprint density at radius 3 is 2.69 bits per heavy atom. The van der Waals surface area contributed by atoms with Crippen molar-refractivity contribution in [3.05, 3.63) is 60.0 Å². The fourth-order valence-electron chi connectivity index (χ4n) is 2.81. The van der Waals surface area contributed by atoms with Crippen LogP contribution in [0, 0.1) is 11.3 Å². The van der Waals surface area contributed by atoms with Crippen molar-refractivity contribution >= 4 is 11.0 Å². The lowest BCUT2D eigenvalue weighted by atomic mass is 9.97. The first-order valence-electron chi connectivity index (χ1n) is 7.47. The van der Waals surface area contributed by atoms with Crippen molar-refractivity contribution in [2.24, 2.45) is 0 Å². The molecule has 1 N–H and O–H groups in total. The second kappa shape index (κ2) is 5.74. The molecule has 4 rings (SSSR count). The number of H-pyrrole nitrogens is 1. The monoisotopic (exact) mass is 354 g/mol. The van der Waals surface area contributed by atoms with Gasteiger partial charge in [-0.3, -0.25) is 5.10 Å². The smallest absolute Gasteiger partial charge is 0.416 e. The number of hydrogen-bond acceptors (Lipinski definition) is 4. The molecule has 0 atom stereocenters. The van der Waals surface area contributed by atoms with Crippen LogP contribution in [0.4, 0.5) is 13.2 Å². The highest BCUT2D eigenvalue weighted by Crippen LogP contribution is 2.38. The van der Waals surface area contributed by atoms with Gasteiger partial charge >= 0.3 is 6.18 Å². The maximum Gasteiger partial charge on any atom is 0.416 e. The summed E-state index contributed by atoms with van der Waals surface area (Å²) in [6.07, 6.45) is -1.55. The molecule has 0 saturated heterocycles. The predicted molar refractivity (Wildman–Crippen MR) is 86.7 cm³/mol. The van der Waals surface area contributed by atoms with E-state index in [1.54, 1.807) is 12.1 Å². The molecule has 0 radical (unpaired) electrons. The second-order valence-electron chi connectivity index (χ2n) is 5.51. The van der Waals surface area contributed by atoms with E-state index in [0.717, 1.165) is 12.1 Å². The zero-order valence-electron chi connectivity index (χ0n) is 13.0. The van der Waals surface area contributed by atoms with Gasteiger partial charge in [0.1, 0.15) is 11.8 Å². The van der Waals surface area contributed by atoms with Crippen LogP contribution in [-0.2, 0) is 6.18 Å². The van der Waals surface area contributed by atoms with Gasteiger partial charge in [-0.25, -0.2) is 4.98 Å². The highest BCUT2D eigenvalue weighted by Gasteiger charge is 2.31. The summed E-state index contributed by atoms with van der Waals surface area (Å²) in [4.78, 5) is 4.32. The molecule has 128 valence electrons. The standard InChI is InChI=1S/C18H9F3N4O/c19-18(20,21)11-4-1-3-10(7-11)16-12(8-22)15(14-5-2-6-26-14)13-9-23-25-17(13)24-16/h1-7,9H,(H,23,24,25). The average molecular weight is 354 g/mol. The van der Waals surface area contributed by atoms with Crippen LogP contribution in [0.1, 0.15) is 11.1 Å². The number of alkyl halides is 3. The van der Waals surface area contributed by atoms with E-state index in [-0.39, 0.29) is 16.8 Å². The van der Waals surface area contributed by atoms with E-state index < -0.39 is 11.7 Å². The van der Waals surface area contributed by atoms with Crippen LogP contribution in [0.25, 0.3) is 33.6 Å². The van der Waals surface area contributed by atoms with Crippen LogP contribution in [0.15, 0.2) is 53.3 Å². The summed E-state index contributed by atoms with van der Waals surface area (Å²) in [6.45, 7) is 0. The Bertz CT molecular complexity index is 1140. The lowest BCUT2D eigenvalue weighted by Gasteiger charge is -2.11. The van der Waals surface area contributed by atoms with Crippen LogP contribution >= 0.6 is 0 Å². The number of aromatic nitrogens is 3. The second-order valence-corrected chi connectivity index (χ2v) is 5.51. The molecule has 0 spiro atoms. The van der Waals surface area contributed by atoms with Crippen LogP contribution in [0.3, 0.4) is 0 Å². The molecule has 8 heteroatoms. The molecule has 0 amide bonds. The molecule has 3 aromatic heterocycles. The van der Waals surface area contributed by atoms with E-state index in [1.807, 2.05) is 6.07 Å². The number of nitriles is 1.